The third-order valence-electron chi connectivity index (χ3n) is 4.67. The van der Waals surface area contributed by atoms with E-state index in [9.17, 15) is 8.42 Å². The summed E-state index contributed by atoms with van der Waals surface area (Å²) < 4.78 is 28.8. The van der Waals surface area contributed by atoms with E-state index in [1.807, 2.05) is 14.1 Å². The normalized spacial score (nSPS) is 34.0. The molecule has 2 fully saturated rings. The zero-order valence-electron chi connectivity index (χ0n) is 12.8. The van der Waals surface area contributed by atoms with Crippen LogP contribution >= 0.6 is 0 Å². The van der Waals surface area contributed by atoms with E-state index < -0.39 is 10.2 Å². The first-order valence-electron chi connectivity index (χ1n) is 7.48. The Labute approximate surface area is 123 Å². The molecule has 2 N–H and O–H groups in total. The van der Waals surface area contributed by atoms with Crippen LogP contribution in [0.1, 0.15) is 19.8 Å². The highest BCUT2D eigenvalue weighted by molar-refractivity contribution is 7.86. The Morgan fingerprint density at radius 1 is 1.20 bits per heavy atom. The Hall–Kier alpha value is -0.210. The average Bonchev–Trinajstić information content (AvgIpc) is 2.82. The minimum Gasteiger partial charge on any atom is -0.330 e. The number of hydrogen-bond donors (Lipinski definition) is 1. The summed E-state index contributed by atoms with van der Waals surface area (Å²) in [5.41, 5.74) is 5.70. The second-order valence-corrected chi connectivity index (χ2v) is 8.36. The molecule has 0 amide bonds. The molecular formula is C13H28N4O2S. The Bertz CT molecular complexity index is 426. The lowest BCUT2D eigenvalue weighted by molar-refractivity contribution is 0.248. The van der Waals surface area contributed by atoms with Crippen LogP contribution in [0.2, 0.25) is 0 Å². The van der Waals surface area contributed by atoms with Gasteiger partial charge in [0.1, 0.15) is 0 Å². The lowest BCUT2D eigenvalue weighted by Crippen LogP contribution is -2.48. The summed E-state index contributed by atoms with van der Waals surface area (Å²) >= 11 is 0. The van der Waals surface area contributed by atoms with Gasteiger partial charge in [-0.2, -0.15) is 17.0 Å². The standard InChI is InChI=1S/C13H28N4O2S/c1-11-8-17(10-13(11)15(2)3)20(18,19)16-6-4-5-12(7-14)9-16/h11-13H,4-10,14H2,1-3H3. The fourth-order valence-corrected chi connectivity index (χ4v) is 5.21. The smallest absolute Gasteiger partial charge is 0.282 e. The van der Waals surface area contributed by atoms with E-state index in [1.54, 1.807) is 8.61 Å². The summed E-state index contributed by atoms with van der Waals surface area (Å²) in [6, 6.07) is 0.305. The molecule has 118 valence electrons. The maximum Gasteiger partial charge on any atom is 0.282 e. The highest BCUT2D eigenvalue weighted by Gasteiger charge is 2.41. The summed E-state index contributed by atoms with van der Waals surface area (Å²) in [5, 5.41) is 0. The van der Waals surface area contributed by atoms with Crippen molar-refractivity contribution in [3.63, 3.8) is 0 Å². The second-order valence-electron chi connectivity index (χ2n) is 6.43. The van der Waals surface area contributed by atoms with Crippen LogP contribution in [0.3, 0.4) is 0 Å². The van der Waals surface area contributed by atoms with Crippen molar-refractivity contribution >= 4 is 10.2 Å². The molecule has 0 saturated carbocycles. The van der Waals surface area contributed by atoms with Gasteiger partial charge in [0.05, 0.1) is 0 Å². The highest BCUT2D eigenvalue weighted by atomic mass is 32.2. The van der Waals surface area contributed by atoms with Gasteiger partial charge in [0.15, 0.2) is 0 Å². The van der Waals surface area contributed by atoms with Crippen molar-refractivity contribution in [2.45, 2.75) is 25.8 Å². The van der Waals surface area contributed by atoms with E-state index in [0.717, 1.165) is 12.8 Å². The molecule has 0 aromatic carbocycles. The zero-order valence-corrected chi connectivity index (χ0v) is 13.6. The Morgan fingerprint density at radius 3 is 2.45 bits per heavy atom. The average molecular weight is 304 g/mol. The van der Waals surface area contributed by atoms with Crippen LogP contribution in [-0.2, 0) is 10.2 Å². The summed E-state index contributed by atoms with van der Waals surface area (Å²) in [6.07, 6.45) is 1.96. The molecule has 0 aromatic rings. The molecule has 7 heteroatoms. The molecule has 2 rings (SSSR count). The first-order chi connectivity index (χ1) is 9.36. The molecule has 0 spiro atoms. The maximum atomic E-state index is 12.8. The van der Waals surface area contributed by atoms with Gasteiger partial charge in [-0.15, -0.1) is 0 Å². The fourth-order valence-electron chi connectivity index (χ4n) is 3.36. The number of nitrogens with two attached hydrogens (primary N) is 1. The van der Waals surface area contributed by atoms with E-state index >= 15 is 0 Å². The van der Waals surface area contributed by atoms with Gasteiger partial charge in [-0.05, 0) is 45.3 Å². The highest BCUT2D eigenvalue weighted by Crippen LogP contribution is 2.27. The molecule has 0 bridgehead atoms. The number of nitrogens with zero attached hydrogens (tertiary/aromatic N) is 3. The van der Waals surface area contributed by atoms with E-state index in [2.05, 4.69) is 11.8 Å². The van der Waals surface area contributed by atoms with Crippen molar-refractivity contribution in [3.8, 4) is 0 Å². The molecule has 0 radical (unpaired) electrons. The molecule has 2 aliphatic rings. The molecule has 2 aliphatic heterocycles. The van der Waals surface area contributed by atoms with Gasteiger partial charge in [0.2, 0.25) is 0 Å². The monoisotopic (exact) mass is 304 g/mol. The number of rotatable bonds is 4. The largest absolute Gasteiger partial charge is 0.330 e. The summed E-state index contributed by atoms with van der Waals surface area (Å²) in [4.78, 5) is 2.12. The van der Waals surface area contributed by atoms with E-state index in [-0.39, 0.29) is 0 Å². The van der Waals surface area contributed by atoms with Gasteiger partial charge in [0, 0.05) is 32.2 Å². The number of piperidine rings is 1. The topological polar surface area (TPSA) is 69.9 Å². The minimum absolute atomic E-state index is 0.305. The molecule has 2 saturated heterocycles. The second kappa shape index (κ2) is 6.27. The van der Waals surface area contributed by atoms with Crippen LogP contribution in [0.25, 0.3) is 0 Å². The minimum atomic E-state index is -3.32. The van der Waals surface area contributed by atoms with Crippen molar-refractivity contribution in [2.24, 2.45) is 17.6 Å². The first kappa shape index (κ1) is 16.2. The van der Waals surface area contributed by atoms with E-state index in [4.69, 9.17) is 5.73 Å². The SMILES string of the molecule is CC1CN(S(=O)(=O)N2CCCC(CN)C2)CC1N(C)C. The third kappa shape index (κ3) is 3.17. The summed E-state index contributed by atoms with van der Waals surface area (Å²) in [7, 11) is 0.713. The number of hydrogen-bond acceptors (Lipinski definition) is 4. The zero-order chi connectivity index (χ0) is 14.9. The van der Waals surface area contributed by atoms with Crippen LogP contribution in [0.5, 0.6) is 0 Å². The lowest BCUT2D eigenvalue weighted by atomic mass is 10.0. The van der Waals surface area contributed by atoms with E-state index in [0.29, 0.717) is 50.6 Å². The van der Waals surface area contributed by atoms with Crippen molar-refractivity contribution < 1.29 is 8.42 Å². The molecule has 2 heterocycles. The lowest BCUT2D eigenvalue weighted by Gasteiger charge is -2.34. The molecule has 0 aromatic heterocycles. The van der Waals surface area contributed by atoms with Gasteiger partial charge < -0.3 is 10.6 Å². The Balaban J connectivity index is 2.07. The van der Waals surface area contributed by atoms with Crippen LogP contribution in [0.15, 0.2) is 0 Å². The first-order valence-corrected chi connectivity index (χ1v) is 8.87. The Kier molecular flexibility index (Phi) is 5.07. The van der Waals surface area contributed by atoms with E-state index in [1.165, 1.54) is 0 Å². The third-order valence-corrected chi connectivity index (χ3v) is 6.61. The molecule has 0 aliphatic carbocycles. The van der Waals surface area contributed by atoms with Gasteiger partial charge in [-0.1, -0.05) is 6.92 Å². The molecule has 6 nitrogen and oxygen atoms in total. The van der Waals surface area contributed by atoms with Gasteiger partial charge in [-0.3, -0.25) is 0 Å². The van der Waals surface area contributed by atoms with Crippen LogP contribution in [0.4, 0.5) is 0 Å². The van der Waals surface area contributed by atoms with Gasteiger partial charge >= 0.3 is 0 Å². The molecule has 20 heavy (non-hydrogen) atoms. The van der Waals surface area contributed by atoms with Crippen molar-refractivity contribution in [1.82, 2.24) is 13.5 Å². The quantitative estimate of drug-likeness (QED) is 0.780. The Morgan fingerprint density at radius 2 is 1.90 bits per heavy atom. The predicted octanol–water partition coefficient (Wildman–Crippen LogP) is -0.216. The van der Waals surface area contributed by atoms with Crippen LogP contribution in [0, 0.1) is 11.8 Å². The summed E-state index contributed by atoms with van der Waals surface area (Å²) in [5.74, 6) is 0.679. The van der Waals surface area contributed by atoms with Crippen molar-refractivity contribution in [3.05, 3.63) is 0 Å². The number of likely N-dealkylation sites (N-methyl/N-ethyl adjacent to an activating group) is 1. The summed E-state index contributed by atoms with van der Waals surface area (Å²) in [6.45, 7) is 5.13. The van der Waals surface area contributed by atoms with Gasteiger partial charge in [-0.25, -0.2) is 0 Å². The molecule has 3 unspecified atom stereocenters. The van der Waals surface area contributed by atoms with Crippen molar-refractivity contribution in [1.29, 1.82) is 0 Å². The van der Waals surface area contributed by atoms with Crippen molar-refractivity contribution in [2.75, 3.05) is 46.8 Å². The molecular weight excluding hydrogens is 276 g/mol. The molecule has 3 atom stereocenters. The van der Waals surface area contributed by atoms with Crippen LogP contribution < -0.4 is 5.73 Å². The predicted molar refractivity (Wildman–Crippen MR) is 80.5 cm³/mol. The fraction of sp³-hybridized carbons (Fsp3) is 1.00. The van der Waals surface area contributed by atoms with Crippen LogP contribution in [-0.4, -0.2) is 74.8 Å². The maximum absolute atomic E-state index is 12.8. The van der Waals surface area contributed by atoms with Gasteiger partial charge in [0.25, 0.3) is 10.2 Å².